The highest BCUT2D eigenvalue weighted by molar-refractivity contribution is 7.61. The van der Waals surface area contributed by atoms with Crippen molar-refractivity contribution in [2.75, 3.05) is 18.9 Å². The smallest absolute Gasteiger partial charge is 0.481 e. The molecule has 0 aliphatic carbocycles. The number of phosphoric acid groups is 2. The molecule has 0 bridgehead atoms. The van der Waals surface area contributed by atoms with E-state index in [9.17, 15) is 44.1 Å². The number of carbonyl (C=O) groups is 1. The molecule has 0 aromatic carbocycles. The molecule has 2 saturated heterocycles. The van der Waals surface area contributed by atoms with Crippen LogP contribution in [0.1, 0.15) is 22.8 Å². The predicted molar refractivity (Wildman–Crippen MR) is 137 cm³/mol. The van der Waals surface area contributed by atoms with Crippen LogP contribution in [-0.4, -0.2) is 100 Å². The number of nitrogens with two attached hydrogens (primary N) is 2. The monoisotopic (exact) mass is 663 g/mol. The van der Waals surface area contributed by atoms with Gasteiger partial charge in [-0.25, -0.2) is 24.1 Å². The maximum absolute atomic E-state index is 12.6. The number of hydrogen-bond donors (Lipinski definition) is 7. The summed E-state index contributed by atoms with van der Waals surface area (Å²) in [6.45, 7) is -1.84. The van der Waals surface area contributed by atoms with Crippen molar-refractivity contribution in [3.05, 3.63) is 42.7 Å². The Labute approximate surface area is 246 Å². The molecule has 2 aliphatic rings. The summed E-state index contributed by atoms with van der Waals surface area (Å²) in [6.07, 6.45) is -7.49. The van der Waals surface area contributed by atoms with Crippen LogP contribution in [0.2, 0.25) is 0 Å². The van der Waals surface area contributed by atoms with Gasteiger partial charge in [0.05, 0.1) is 25.6 Å². The Morgan fingerprint density at radius 2 is 1.70 bits per heavy atom. The third kappa shape index (κ3) is 6.65. The minimum absolute atomic E-state index is 0.0416. The number of fused-ring (bicyclic) bond motifs is 1. The normalized spacial score (nSPS) is 31.6. The van der Waals surface area contributed by atoms with Gasteiger partial charge in [-0.3, -0.25) is 18.4 Å². The summed E-state index contributed by atoms with van der Waals surface area (Å²) < 4.78 is 51.8. The highest BCUT2D eigenvalue weighted by Crippen LogP contribution is 2.60. The van der Waals surface area contributed by atoms with E-state index in [2.05, 4.69) is 23.8 Å². The van der Waals surface area contributed by atoms with Crippen molar-refractivity contribution in [1.29, 1.82) is 0 Å². The van der Waals surface area contributed by atoms with Crippen molar-refractivity contribution in [1.82, 2.24) is 19.5 Å². The SMILES string of the molecule is NC(=O)c1ccc[n+](C2OC(COP(=O)(O)OP(=O)(O)OCC3OC(n4cnc5c(N)ncnc54)C(O)C3O)C(O)C2[O-])c1. The van der Waals surface area contributed by atoms with Gasteiger partial charge >= 0.3 is 15.6 Å². The minimum Gasteiger partial charge on any atom is -0.843 e. The molecule has 23 heteroatoms. The second-order valence-electron chi connectivity index (χ2n) is 9.66. The summed E-state index contributed by atoms with van der Waals surface area (Å²) in [5, 5.41) is 43.7. The molecule has 3 aromatic heterocycles. The van der Waals surface area contributed by atoms with Gasteiger partial charge in [0.25, 0.3) is 12.1 Å². The van der Waals surface area contributed by atoms with Crippen LogP contribution in [0.5, 0.6) is 0 Å². The number of anilines is 1. The molecule has 3 aromatic rings. The zero-order valence-corrected chi connectivity index (χ0v) is 24.0. The van der Waals surface area contributed by atoms with Crippen molar-refractivity contribution in [3.63, 3.8) is 0 Å². The average Bonchev–Trinajstić information content (AvgIpc) is 3.61. The molecule has 0 radical (unpaired) electrons. The van der Waals surface area contributed by atoms with E-state index in [1.807, 2.05) is 0 Å². The van der Waals surface area contributed by atoms with Gasteiger partial charge in [-0.05, 0) is 12.2 Å². The Balaban J connectivity index is 1.16. The number of aromatic nitrogens is 5. The van der Waals surface area contributed by atoms with Crippen molar-refractivity contribution in [3.8, 4) is 0 Å². The number of rotatable bonds is 11. The van der Waals surface area contributed by atoms with E-state index < -0.39 is 83.8 Å². The topological polar surface area (TPSA) is 321 Å². The molecule has 0 spiro atoms. The summed E-state index contributed by atoms with van der Waals surface area (Å²) >= 11 is 0. The first kappa shape index (κ1) is 32.4. The predicted octanol–water partition coefficient (Wildman–Crippen LogP) is -3.65. The summed E-state index contributed by atoms with van der Waals surface area (Å²) in [4.78, 5) is 43.3. The van der Waals surface area contributed by atoms with Gasteiger partial charge in [0, 0.05) is 6.07 Å². The zero-order valence-electron chi connectivity index (χ0n) is 22.2. The minimum atomic E-state index is -5.39. The number of aliphatic hydroxyl groups excluding tert-OH is 3. The molecule has 1 amide bonds. The fourth-order valence-electron chi connectivity index (χ4n) is 4.56. The fraction of sp³-hybridized carbons (Fsp3) is 0.476. The van der Waals surface area contributed by atoms with Crippen molar-refractivity contribution in [2.45, 2.75) is 49.1 Å². The van der Waals surface area contributed by atoms with E-state index in [0.29, 0.717) is 0 Å². The number of carbonyl (C=O) groups excluding carboxylic acids is 1. The second kappa shape index (κ2) is 12.4. The van der Waals surface area contributed by atoms with Gasteiger partial charge in [-0.2, -0.15) is 8.88 Å². The molecule has 21 nitrogen and oxygen atoms in total. The number of nitrogen functional groups attached to an aromatic ring is 1. The maximum Gasteiger partial charge on any atom is 0.481 e. The first-order chi connectivity index (χ1) is 20.7. The third-order valence-corrected chi connectivity index (χ3v) is 9.32. The van der Waals surface area contributed by atoms with E-state index in [-0.39, 0.29) is 22.5 Å². The van der Waals surface area contributed by atoms with Crippen LogP contribution in [-0.2, 0) is 32.0 Å². The van der Waals surface area contributed by atoms with E-state index in [1.54, 1.807) is 0 Å². The number of phosphoric ester groups is 2. The van der Waals surface area contributed by atoms with Crippen molar-refractivity contribution < 1.29 is 71.5 Å². The third-order valence-electron chi connectivity index (χ3n) is 6.72. The lowest BCUT2D eigenvalue weighted by molar-refractivity contribution is -0.782. The number of amides is 1. The number of imidazole rings is 1. The fourth-order valence-corrected chi connectivity index (χ4v) is 6.65. The maximum atomic E-state index is 12.6. The Hall–Kier alpha value is -3.01. The van der Waals surface area contributed by atoms with Crippen LogP contribution >= 0.6 is 15.6 Å². The first-order valence-corrected chi connectivity index (χ1v) is 15.6. The highest BCUT2D eigenvalue weighted by Gasteiger charge is 2.47. The van der Waals surface area contributed by atoms with Crippen LogP contribution < -0.4 is 21.1 Å². The molecule has 5 rings (SSSR count). The molecule has 9 N–H and O–H groups in total. The van der Waals surface area contributed by atoms with Gasteiger partial charge in [0.2, 0.25) is 0 Å². The van der Waals surface area contributed by atoms with Gasteiger partial charge in [0.1, 0.15) is 41.8 Å². The Bertz CT molecular complexity index is 1630. The van der Waals surface area contributed by atoms with Crippen molar-refractivity contribution >= 4 is 38.5 Å². The summed E-state index contributed by atoms with van der Waals surface area (Å²) in [7, 11) is -10.8. The molecule has 2 aliphatic heterocycles. The molecular formula is C21H27N7O14P2. The van der Waals surface area contributed by atoms with Crippen LogP contribution in [0.3, 0.4) is 0 Å². The summed E-state index contributed by atoms with van der Waals surface area (Å²) in [5.74, 6) is -0.738. The molecule has 2 fully saturated rings. The summed E-state index contributed by atoms with van der Waals surface area (Å²) in [6, 6.07) is 2.79. The lowest BCUT2D eigenvalue weighted by Crippen LogP contribution is -2.52. The van der Waals surface area contributed by atoms with E-state index in [0.717, 1.165) is 6.33 Å². The van der Waals surface area contributed by atoms with Crippen molar-refractivity contribution in [2.24, 2.45) is 5.73 Å². The number of hydrogen-bond acceptors (Lipinski definition) is 16. The number of primary amides is 1. The molecule has 5 heterocycles. The highest BCUT2D eigenvalue weighted by atomic mass is 31.3. The van der Waals surface area contributed by atoms with Gasteiger partial charge in [0.15, 0.2) is 30.1 Å². The molecule has 10 unspecified atom stereocenters. The lowest BCUT2D eigenvalue weighted by atomic mass is 10.1. The summed E-state index contributed by atoms with van der Waals surface area (Å²) in [5.41, 5.74) is 11.4. The molecule has 44 heavy (non-hydrogen) atoms. The lowest BCUT2D eigenvalue weighted by Gasteiger charge is -2.22. The second-order valence-corrected chi connectivity index (χ2v) is 12.7. The van der Waals surface area contributed by atoms with E-state index in [1.165, 1.54) is 40.0 Å². The number of ether oxygens (including phenoxy) is 2. The quantitative estimate of drug-likeness (QED) is 0.0768. The Morgan fingerprint density at radius 1 is 1.05 bits per heavy atom. The molecular weight excluding hydrogens is 636 g/mol. The van der Waals surface area contributed by atoms with Crippen LogP contribution in [0.25, 0.3) is 11.2 Å². The van der Waals surface area contributed by atoms with Gasteiger partial charge in [-0.1, -0.05) is 0 Å². The molecule has 0 saturated carbocycles. The number of aliphatic hydroxyl groups is 3. The standard InChI is InChI=1S/C21H27N7O14P2/c22-17-12-19(25-7-24-17)28(8-26-12)21-16(32)14(30)11(41-21)6-39-44(36,37)42-43(34,35)38-5-10-13(29)15(31)20(40-10)27-3-1-2-9(4-27)18(23)33/h1-4,7-8,10-11,13-16,20-21,29-30,32H,5-6H2,(H2,23,33)(H,34,35)(H,36,37)(H2,22,24,25). The molecule has 240 valence electrons. The Morgan fingerprint density at radius 3 is 2.36 bits per heavy atom. The van der Waals surface area contributed by atoms with Crippen LogP contribution in [0.4, 0.5) is 5.82 Å². The van der Waals surface area contributed by atoms with Gasteiger partial charge < -0.3 is 51.2 Å². The first-order valence-electron chi connectivity index (χ1n) is 12.6. The average molecular weight is 663 g/mol. The largest absolute Gasteiger partial charge is 0.843 e. The number of nitrogens with zero attached hydrogens (tertiary/aromatic N) is 5. The van der Waals surface area contributed by atoms with Gasteiger partial charge in [-0.15, -0.1) is 0 Å². The van der Waals surface area contributed by atoms with Crippen LogP contribution in [0.15, 0.2) is 37.2 Å². The molecule has 10 atom stereocenters. The Kier molecular flexibility index (Phi) is 9.13. The number of pyridine rings is 1. The van der Waals surface area contributed by atoms with Crippen LogP contribution in [0, 0.1) is 0 Å². The van der Waals surface area contributed by atoms with E-state index >= 15 is 0 Å². The van der Waals surface area contributed by atoms with E-state index in [4.69, 9.17) is 25.5 Å². The zero-order chi connectivity index (χ0) is 32.0.